The summed E-state index contributed by atoms with van der Waals surface area (Å²) in [5.41, 5.74) is 3.11. The predicted molar refractivity (Wildman–Crippen MR) is 169 cm³/mol. The summed E-state index contributed by atoms with van der Waals surface area (Å²) in [5.74, 6) is 1.32. The van der Waals surface area contributed by atoms with Crippen LogP contribution in [0.2, 0.25) is 5.02 Å². The number of aromatic nitrogens is 1. The first-order valence-electron chi connectivity index (χ1n) is 13.8. The molecule has 0 fully saturated rings. The van der Waals surface area contributed by atoms with Crippen LogP contribution in [0.25, 0.3) is 10.9 Å². The van der Waals surface area contributed by atoms with Gasteiger partial charge >= 0.3 is 0 Å². The summed E-state index contributed by atoms with van der Waals surface area (Å²) >= 11 is 8.10. The molecule has 216 valence electrons. The highest BCUT2D eigenvalue weighted by atomic mass is 35.5. The van der Waals surface area contributed by atoms with Crippen LogP contribution < -0.4 is 15.4 Å². The van der Waals surface area contributed by atoms with Gasteiger partial charge in [0.1, 0.15) is 11.8 Å². The molecule has 0 aliphatic heterocycles. The minimum absolute atomic E-state index is 0.187. The number of carbonyl (C=O) groups excluding carboxylic acids is 2. The summed E-state index contributed by atoms with van der Waals surface area (Å²) in [6.07, 6.45) is 2.88. The van der Waals surface area contributed by atoms with E-state index in [2.05, 4.69) is 29.5 Å². The topological polar surface area (TPSA) is 83.2 Å². The number of rotatable bonds is 12. The number of carbonyl (C=O) groups is 2. The van der Waals surface area contributed by atoms with Crippen molar-refractivity contribution < 1.29 is 14.3 Å². The number of hydrogen-bond acceptors (Lipinski definition) is 4. The lowest BCUT2D eigenvalue weighted by Crippen LogP contribution is -2.53. The second-order valence-electron chi connectivity index (χ2n) is 10.9. The fourth-order valence-electron chi connectivity index (χ4n) is 5.32. The number of aromatic amines is 1. The number of benzene rings is 3. The average Bonchev–Trinajstić information content (AvgIpc) is 3.37. The van der Waals surface area contributed by atoms with Gasteiger partial charge < -0.3 is 20.4 Å². The first kappa shape index (κ1) is 30.5. The second kappa shape index (κ2) is 13.5. The Morgan fingerprint density at radius 3 is 2.49 bits per heavy atom. The van der Waals surface area contributed by atoms with Crippen molar-refractivity contribution in [3.8, 4) is 5.75 Å². The van der Waals surface area contributed by atoms with Crippen molar-refractivity contribution in [1.29, 1.82) is 0 Å². The minimum Gasteiger partial charge on any atom is -0.497 e. The van der Waals surface area contributed by atoms with E-state index in [0.717, 1.165) is 38.2 Å². The molecule has 4 rings (SSSR count). The molecule has 4 aromatic rings. The standard InChI is InChI=1S/C33H38ClN3O3S/c1-21(2)18-33(3,27-15-12-24(34)17-30(27)41-20-22-10-13-25(40-5)14-11-22)32(39)37-29(31(38)35-4)16-23-19-36-28-9-7-6-8-26(23)28/h6-15,17,19,21,29,36H,16,18,20H2,1-5H3,(H,35,38)(H,37,39)/t29-,33?/m0/s1. The molecule has 0 saturated heterocycles. The summed E-state index contributed by atoms with van der Waals surface area (Å²) in [4.78, 5) is 31.5. The fraction of sp³-hybridized carbons (Fsp3) is 0.333. The monoisotopic (exact) mass is 591 g/mol. The number of amides is 2. The largest absolute Gasteiger partial charge is 0.497 e. The third-order valence-electron chi connectivity index (χ3n) is 7.38. The molecule has 2 amide bonds. The molecule has 1 aromatic heterocycles. The molecule has 8 heteroatoms. The molecule has 2 atom stereocenters. The Morgan fingerprint density at radius 1 is 1.07 bits per heavy atom. The third kappa shape index (κ3) is 7.27. The zero-order valence-electron chi connectivity index (χ0n) is 24.2. The maximum atomic E-state index is 14.3. The van der Waals surface area contributed by atoms with Crippen LogP contribution in [0.5, 0.6) is 5.75 Å². The van der Waals surface area contributed by atoms with E-state index in [1.165, 1.54) is 0 Å². The smallest absolute Gasteiger partial charge is 0.242 e. The molecule has 0 aliphatic rings. The van der Waals surface area contributed by atoms with Gasteiger partial charge in [-0.2, -0.15) is 0 Å². The molecule has 0 aliphatic carbocycles. The van der Waals surface area contributed by atoms with Crippen LogP contribution in [0.4, 0.5) is 0 Å². The van der Waals surface area contributed by atoms with Gasteiger partial charge in [-0.05, 0) is 66.3 Å². The summed E-state index contributed by atoms with van der Waals surface area (Å²) < 4.78 is 5.29. The zero-order chi connectivity index (χ0) is 29.6. The molecule has 1 heterocycles. The molecule has 0 saturated carbocycles. The molecular formula is C33H38ClN3O3S. The number of fused-ring (bicyclic) bond motifs is 1. The lowest BCUT2D eigenvalue weighted by molar-refractivity contribution is -0.132. The Morgan fingerprint density at radius 2 is 1.80 bits per heavy atom. The number of likely N-dealkylation sites (N-methyl/N-ethyl adjacent to an activating group) is 1. The van der Waals surface area contributed by atoms with E-state index in [1.807, 2.05) is 79.9 Å². The summed E-state index contributed by atoms with van der Waals surface area (Å²) in [6, 6.07) is 20.9. The normalized spacial score (nSPS) is 13.5. The Balaban J connectivity index is 1.64. The van der Waals surface area contributed by atoms with Crippen molar-refractivity contribution in [2.75, 3.05) is 14.2 Å². The third-order valence-corrected chi connectivity index (χ3v) is 8.74. The SMILES string of the molecule is CNC(=O)[C@H](Cc1c[nH]c2ccccc12)NC(=O)C(C)(CC(C)C)c1ccc(Cl)cc1SCc1ccc(OC)cc1. The number of ether oxygens (including phenoxy) is 1. The van der Waals surface area contributed by atoms with Gasteiger partial charge in [-0.25, -0.2) is 0 Å². The van der Waals surface area contributed by atoms with Crippen molar-refractivity contribution in [3.63, 3.8) is 0 Å². The number of methoxy groups -OCH3 is 1. The number of hydrogen-bond donors (Lipinski definition) is 3. The van der Waals surface area contributed by atoms with Gasteiger partial charge in [0, 0.05) is 46.2 Å². The molecular weight excluding hydrogens is 554 g/mol. The first-order valence-corrected chi connectivity index (χ1v) is 15.1. The number of thioether (sulfide) groups is 1. The highest BCUT2D eigenvalue weighted by Crippen LogP contribution is 2.40. The Bertz CT molecular complexity index is 1500. The van der Waals surface area contributed by atoms with E-state index >= 15 is 0 Å². The van der Waals surface area contributed by atoms with E-state index in [9.17, 15) is 9.59 Å². The van der Waals surface area contributed by atoms with Crippen LogP contribution in [0.15, 0.2) is 77.8 Å². The summed E-state index contributed by atoms with van der Waals surface area (Å²) in [6.45, 7) is 6.18. The molecule has 0 bridgehead atoms. The quantitative estimate of drug-likeness (QED) is 0.157. The van der Waals surface area contributed by atoms with Crippen molar-refractivity contribution in [3.05, 3.63) is 94.6 Å². The van der Waals surface area contributed by atoms with Gasteiger partial charge in [-0.1, -0.05) is 61.8 Å². The van der Waals surface area contributed by atoms with Crippen molar-refractivity contribution in [2.45, 2.75) is 55.7 Å². The van der Waals surface area contributed by atoms with E-state index in [-0.39, 0.29) is 17.7 Å². The first-order chi connectivity index (χ1) is 19.6. The predicted octanol–water partition coefficient (Wildman–Crippen LogP) is 6.90. The number of H-pyrrole nitrogens is 1. The van der Waals surface area contributed by atoms with E-state index in [4.69, 9.17) is 16.3 Å². The van der Waals surface area contributed by atoms with Gasteiger partial charge in [0.25, 0.3) is 0 Å². The van der Waals surface area contributed by atoms with E-state index < -0.39 is 11.5 Å². The number of nitrogens with one attached hydrogen (secondary N) is 3. The van der Waals surface area contributed by atoms with Gasteiger partial charge in [-0.15, -0.1) is 11.8 Å². The highest BCUT2D eigenvalue weighted by Gasteiger charge is 2.39. The summed E-state index contributed by atoms with van der Waals surface area (Å²) in [5, 5.41) is 7.51. The maximum Gasteiger partial charge on any atom is 0.242 e. The van der Waals surface area contributed by atoms with E-state index in [0.29, 0.717) is 23.6 Å². The van der Waals surface area contributed by atoms with Crippen molar-refractivity contribution in [1.82, 2.24) is 15.6 Å². The minimum atomic E-state index is -0.895. The highest BCUT2D eigenvalue weighted by molar-refractivity contribution is 7.98. The zero-order valence-corrected chi connectivity index (χ0v) is 25.8. The van der Waals surface area contributed by atoms with Crippen LogP contribution in [-0.4, -0.2) is 37.0 Å². The molecule has 41 heavy (non-hydrogen) atoms. The van der Waals surface area contributed by atoms with Crippen LogP contribution >= 0.6 is 23.4 Å². The molecule has 1 unspecified atom stereocenters. The molecule has 3 aromatic carbocycles. The van der Waals surface area contributed by atoms with Gasteiger partial charge in [-0.3, -0.25) is 9.59 Å². The van der Waals surface area contributed by atoms with Gasteiger partial charge in [0.05, 0.1) is 12.5 Å². The summed E-state index contributed by atoms with van der Waals surface area (Å²) in [7, 11) is 3.24. The lowest BCUT2D eigenvalue weighted by Gasteiger charge is -2.34. The van der Waals surface area contributed by atoms with Gasteiger partial charge in [0.2, 0.25) is 11.8 Å². The maximum absolute atomic E-state index is 14.3. The molecule has 6 nitrogen and oxygen atoms in total. The molecule has 0 radical (unpaired) electrons. The lowest BCUT2D eigenvalue weighted by atomic mass is 9.75. The van der Waals surface area contributed by atoms with Crippen molar-refractivity contribution in [2.24, 2.45) is 5.92 Å². The van der Waals surface area contributed by atoms with E-state index in [1.54, 1.807) is 25.9 Å². The molecule has 3 N–H and O–H groups in total. The van der Waals surface area contributed by atoms with Crippen LogP contribution in [0.3, 0.4) is 0 Å². The van der Waals surface area contributed by atoms with Crippen LogP contribution in [0.1, 0.15) is 43.9 Å². The average molecular weight is 592 g/mol. The van der Waals surface area contributed by atoms with Crippen LogP contribution in [-0.2, 0) is 27.2 Å². The number of para-hydroxylation sites is 1. The Kier molecular flexibility index (Phi) is 10.1. The Labute approximate surface area is 251 Å². The van der Waals surface area contributed by atoms with Crippen molar-refractivity contribution >= 4 is 46.1 Å². The fourth-order valence-corrected chi connectivity index (χ4v) is 6.73. The molecule has 0 spiro atoms. The van der Waals surface area contributed by atoms with Gasteiger partial charge in [0.15, 0.2) is 0 Å². The number of halogens is 1. The van der Waals surface area contributed by atoms with Crippen LogP contribution in [0, 0.1) is 5.92 Å². The second-order valence-corrected chi connectivity index (χ2v) is 12.4. The Hall–Kier alpha value is -3.42.